The molecule has 8 heteroatoms. The number of halogens is 2. The molecule has 206 valence electrons. The number of ether oxygens (including phenoxy) is 2. The third kappa shape index (κ3) is 9.19. The second kappa shape index (κ2) is 15.4. The van der Waals surface area contributed by atoms with E-state index in [1.54, 1.807) is 24.3 Å². The summed E-state index contributed by atoms with van der Waals surface area (Å²) in [6.45, 7) is 2.19. The van der Waals surface area contributed by atoms with Crippen molar-refractivity contribution < 1.29 is 28.7 Å². The van der Waals surface area contributed by atoms with Crippen molar-refractivity contribution in [3.8, 4) is 0 Å². The third-order valence-electron chi connectivity index (χ3n) is 6.31. The van der Waals surface area contributed by atoms with Crippen LogP contribution in [0, 0.1) is 0 Å². The molecule has 0 heterocycles. The van der Waals surface area contributed by atoms with Gasteiger partial charge in [-0.05, 0) is 49.2 Å². The van der Waals surface area contributed by atoms with Gasteiger partial charge in [-0.25, -0.2) is 9.59 Å². The number of allylic oxidation sites excluding steroid dienone is 2. The molecule has 0 bridgehead atoms. The molecule has 3 rings (SSSR count). The SMILES string of the molecule is CCCCCCCCCCCC1=C(OC(=O)c2cccc(Cl)c2)C(=O)C=C(OC(=O)c2cccc(Cl)c2)C1=O. The van der Waals surface area contributed by atoms with Gasteiger partial charge in [-0.1, -0.05) is 93.6 Å². The van der Waals surface area contributed by atoms with Gasteiger partial charge in [-0.15, -0.1) is 0 Å². The van der Waals surface area contributed by atoms with E-state index in [1.165, 1.54) is 49.9 Å². The van der Waals surface area contributed by atoms with E-state index in [1.807, 2.05) is 0 Å². The van der Waals surface area contributed by atoms with Crippen LogP contribution >= 0.6 is 23.2 Å². The molecule has 0 amide bonds. The van der Waals surface area contributed by atoms with Gasteiger partial charge in [-0.2, -0.15) is 0 Å². The third-order valence-corrected chi connectivity index (χ3v) is 6.78. The van der Waals surface area contributed by atoms with Crippen LogP contribution in [-0.4, -0.2) is 23.5 Å². The Morgan fingerprint density at radius 1 is 0.718 bits per heavy atom. The van der Waals surface area contributed by atoms with Crippen LogP contribution < -0.4 is 0 Å². The molecule has 2 aromatic rings. The van der Waals surface area contributed by atoms with Gasteiger partial charge in [0, 0.05) is 16.1 Å². The minimum atomic E-state index is -0.827. The van der Waals surface area contributed by atoms with Crippen LogP contribution in [-0.2, 0) is 19.1 Å². The number of benzene rings is 2. The Hall–Kier alpha value is -3.22. The number of carbonyl (C=O) groups is 4. The molecule has 1 aliphatic rings. The zero-order chi connectivity index (χ0) is 28.2. The zero-order valence-electron chi connectivity index (χ0n) is 22.0. The first-order valence-electron chi connectivity index (χ1n) is 13.3. The minimum Gasteiger partial charge on any atom is -0.419 e. The molecule has 0 unspecified atom stereocenters. The number of hydrogen-bond donors (Lipinski definition) is 0. The summed E-state index contributed by atoms with van der Waals surface area (Å²) >= 11 is 11.9. The van der Waals surface area contributed by atoms with Crippen molar-refractivity contribution in [2.75, 3.05) is 0 Å². The van der Waals surface area contributed by atoms with Gasteiger partial charge >= 0.3 is 11.9 Å². The number of carbonyl (C=O) groups excluding carboxylic acids is 4. The van der Waals surface area contributed by atoms with Crippen LogP contribution in [0.2, 0.25) is 10.0 Å². The predicted octanol–water partition coefficient (Wildman–Crippen LogP) is 8.22. The Kier molecular flexibility index (Phi) is 12.0. The maximum Gasteiger partial charge on any atom is 0.343 e. The molecular formula is C31H32Cl2O6. The van der Waals surface area contributed by atoms with E-state index in [-0.39, 0.29) is 28.9 Å². The lowest BCUT2D eigenvalue weighted by Crippen LogP contribution is -2.25. The molecule has 0 spiro atoms. The molecule has 2 aromatic carbocycles. The largest absolute Gasteiger partial charge is 0.419 e. The highest BCUT2D eigenvalue weighted by atomic mass is 35.5. The number of Topliss-reactive ketones (excluding diaryl/α,β-unsaturated/α-hetero) is 1. The van der Waals surface area contributed by atoms with Crippen molar-refractivity contribution in [1.82, 2.24) is 0 Å². The summed E-state index contributed by atoms with van der Waals surface area (Å²) in [6, 6.07) is 12.1. The van der Waals surface area contributed by atoms with Crippen LogP contribution in [0.4, 0.5) is 0 Å². The summed E-state index contributed by atoms with van der Waals surface area (Å²) < 4.78 is 10.7. The van der Waals surface area contributed by atoms with E-state index in [0.717, 1.165) is 31.8 Å². The molecule has 6 nitrogen and oxygen atoms in total. The molecule has 0 radical (unpaired) electrons. The minimum absolute atomic E-state index is 0.00900. The second-order valence-corrected chi connectivity index (χ2v) is 10.3. The van der Waals surface area contributed by atoms with E-state index < -0.39 is 29.3 Å². The number of hydrogen-bond acceptors (Lipinski definition) is 6. The number of unbranched alkanes of at least 4 members (excludes halogenated alkanes) is 8. The summed E-state index contributed by atoms with van der Waals surface area (Å²) in [6.07, 6.45) is 10.7. The first-order valence-corrected chi connectivity index (χ1v) is 14.0. The highest BCUT2D eigenvalue weighted by Gasteiger charge is 2.33. The number of ketones is 2. The summed E-state index contributed by atoms with van der Waals surface area (Å²) in [5.74, 6) is -3.81. The Balaban J connectivity index is 1.73. The van der Waals surface area contributed by atoms with Crippen LogP contribution in [0.25, 0.3) is 0 Å². The Morgan fingerprint density at radius 3 is 1.77 bits per heavy atom. The molecule has 0 fully saturated rings. The fraction of sp³-hybridized carbons (Fsp3) is 0.355. The van der Waals surface area contributed by atoms with E-state index in [2.05, 4.69) is 6.92 Å². The molecule has 0 atom stereocenters. The standard InChI is InChI=1S/C31H32Cl2O6/c1-2-3-4-5-6-7-8-9-10-17-25-28(35)27(38-30(36)21-13-11-15-23(32)18-21)20-26(34)29(25)39-31(37)22-14-12-16-24(33)19-22/h11-16,18-20H,2-10,17H2,1H3. The first-order chi connectivity index (χ1) is 18.8. The maximum absolute atomic E-state index is 13.4. The van der Waals surface area contributed by atoms with Crippen molar-refractivity contribution in [1.29, 1.82) is 0 Å². The van der Waals surface area contributed by atoms with E-state index in [0.29, 0.717) is 16.5 Å². The Labute approximate surface area is 239 Å². The van der Waals surface area contributed by atoms with Crippen LogP contribution in [0.1, 0.15) is 91.8 Å². The highest BCUT2D eigenvalue weighted by molar-refractivity contribution is 6.31. The molecule has 0 aromatic heterocycles. The number of rotatable bonds is 14. The van der Waals surface area contributed by atoms with Crippen molar-refractivity contribution in [3.05, 3.63) is 92.9 Å². The zero-order valence-corrected chi connectivity index (χ0v) is 23.5. The van der Waals surface area contributed by atoms with Crippen LogP contribution in [0.3, 0.4) is 0 Å². The lowest BCUT2D eigenvalue weighted by atomic mass is 9.94. The maximum atomic E-state index is 13.4. The predicted molar refractivity (Wildman–Crippen MR) is 151 cm³/mol. The lowest BCUT2D eigenvalue weighted by molar-refractivity contribution is -0.119. The fourth-order valence-electron chi connectivity index (χ4n) is 4.22. The number of esters is 2. The van der Waals surface area contributed by atoms with E-state index >= 15 is 0 Å². The smallest absolute Gasteiger partial charge is 0.343 e. The molecule has 39 heavy (non-hydrogen) atoms. The summed E-state index contributed by atoms with van der Waals surface area (Å²) in [4.78, 5) is 51.8. The average Bonchev–Trinajstić information content (AvgIpc) is 2.91. The fourth-order valence-corrected chi connectivity index (χ4v) is 4.60. The topological polar surface area (TPSA) is 86.7 Å². The highest BCUT2D eigenvalue weighted by Crippen LogP contribution is 2.28. The lowest BCUT2D eigenvalue weighted by Gasteiger charge is -2.18. The second-order valence-electron chi connectivity index (χ2n) is 9.39. The van der Waals surface area contributed by atoms with Crippen molar-refractivity contribution >= 4 is 46.7 Å². The summed E-state index contributed by atoms with van der Waals surface area (Å²) in [5.41, 5.74) is 0.279. The average molecular weight is 571 g/mol. The van der Waals surface area contributed by atoms with Crippen LogP contribution in [0.15, 0.2) is 71.7 Å². The monoisotopic (exact) mass is 570 g/mol. The van der Waals surface area contributed by atoms with E-state index in [4.69, 9.17) is 32.7 Å². The Morgan fingerprint density at radius 2 is 1.23 bits per heavy atom. The van der Waals surface area contributed by atoms with Crippen molar-refractivity contribution in [3.63, 3.8) is 0 Å². The van der Waals surface area contributed by atoms with Crippen molar-refractivity contribution in [2.45, 2.75) is 71.1 Å². The Bertz CT molecular complexity index is 1280. The van der Waals surface area contributed by atoms with Gasteiger partial charge in [-0.3, -0.25) is 9.59 Å². The first kappa shape index (κ1) is 30.3. The molecule has 0 saturated heterocycles. The van der Waals surface area contributed by atoms with Gasteiger partial charge in [0.05, 0.1) is 16.7 Å². The summed E-state index contributed by atoms with van der Waals surface area (Å²) in [7, 11) is 0. The molecule has 0 saturated carbocycles. The molecule has 0 N–H and O–H groups in total. The quantitative estimate of drug-likeness (QED) is 0.129. The van der Waals surface area contributed by atoms with Gasteiger partial charge in [0.2, 0.25) is 11.6 Å². The molecule has 0 aliphatic heterocycles. The molecule has 1 aliphatic carbocycles. The van der Waals surface area contributed by atoms with E-state index in [9.17, 15) is 19.2 Å². The van der Waals surface area contributed by atoms with Gasteiger partial charge in [0.25, 0.3) is 0 Å². The van der Waals surface area contributed by atoms with Crippen LogP contribution in [0.5, 0.6) is 0 Å². The summed E-state index contributed by atoms with van der Waals surface area (Å²) in [5, 5.41) is 0.653. The van der Waals surface area contributed by atoms with Gasteiger partial charge in [0.15, 0.2) is 11.5 Å². The van der Waals surface area contributed by atoms with Gasteiger partial charge in [0.1, 0.15) is 0 Å². The normalized spacial score (nSPS) is 13.4. The molecular weight excluding hydrogens is 539 g/mol. The van der Waals surface area contributed by atoms with Crippen molar-refractivity contribution in [2.24, 2.45) is 0 Å². The van der Waals surface area contributed by atoms with Gasteiger partial charge < -0.3 is 9.47 Å².